The summed E-state index contributed by atoms with van der Waals surface area (Å²) in [6.45, 7) is 5.68. The van der Waals surface area contributed by atoms with E-state index in [2.05, 4.69) is 6.58 Å². The normalized spacial score (nSPS) is 27.6. The van der Waals surface area contributed by atoms with Gasteiger partial charge < -0.3 is 4.90 Å². The molecule has 0 spiro atoms. The molecule has 1 atom stereocenters. The average Bonchev–Trinajstić information content (AvgIpc) is 2.49. The number of amides is 1. The Morgan fingerprint density at radius 3 is 2.62 bits per heavy atom. The van der Waals surface area contributed by atoms with Crippen LogP contribution in [0.4, 0.5) is 0 Å². The van der Waals surface area contributed by atoms with E-state index in [1.165, 1.54) is 4.90 Å². The fraction of sp³-hybridized carbons (Fsp3) is 0.700. The van der Waals surface area contributed by atoms with E-state index >= 15 is 0 Å². The van der Waals surface area contributed by atoms with E-state index in [0.29, 0.717) is 13.0 Å². The molecule has 1 unspecified atom stereocenters. The standard InChI is InChI=1S/C10H16ClNO3S/c1-3-5-12(9(13)7-11)10(2)4-6-16(14,15)8-10/h3H,1,4-8H2,2H3. The average molecular weight is 266 g/mol. The number of alkyl halides is 1. The van der Waals surface area contributed by atoms with Crippen molar-refractivity contribution in [1.29, 1.82) is 0 Å². The minimum atomic E-state index is -3.03. The molecule has 0 saturated carbocycles. The minimum absolute atomic E-state index is 0.0104. The van der Waals surface area contributed by atoms with E-state index in [1.54, 1.807) is 13.0 Å². The van der Waals surface area contributed by atoms with Gasteiger partial charge in [0.05, 0.1) is 17.0 Å². The van der Waals surface area contributed by atoms with E-state index in [1.807, 2.05) is 0 Å². The Morgan fingerprint density at radius 2 is 2.25 bits per heavy atom. The Hall–Kier alpha value is -0.550. The van der Waals surface area contributed by atoms with Gasteiger partial charge in [0.2, 0.25) is 5.91 Å². The van der Waals surface area contributed by atoms with Gasteiger partial charge in [-0.2, -0.15) is 0 Å². The summed E-state index contributed by atoms with van der Waals surface area (Å²) in [4.78, 5) is 13.2. The molecule has 0 N–H and O–H groups in total. The van der Waals surface area contributed by atoms with Crippen LogP contribution in [0.15, 0.2) is 12.7 Å². The van der Waals surface area contributed by atoms with Gasteiger partial charge >= 0.3 is 0 Å². The second kappa shape index (κ2) is 4.75. The highest BCUT2D eigenvalue weighted by Crippen LogP contribution is 2.29. The molecule has 92 valence electrons. The molecule has 1 aliphatic rings. The summed E-state index contributed by atoms with van der Waals surface area (Å²) >= 11 is 5.52. The molecule has 6 heteroatoms. The molecule has 0 radical (unpaired) electrons. The Balaban J connectivity index is 2.94. The first-order valence-electron chi connectivity index (χ1n) is 5.02. The van der Waals surface area contributed by atoms with Gasteiger partial charge in [-0.25, -0.2) is 8.42 Å². The maximum Gasteiger partial charge on any atom is 0.238 e. The molecule has 1 heterocycles. The molecular formula is C10H16ClNO3S. The lowest BCUT2D eigenvalue weighted by Gasteiger charge is -2.36. The summed E-state index contributed by atoms with van der Waals surface area (Å²) in [6.07, 6.45) is 2.05. The lowest BCUT2D eigenvalue weighted by Crippen LogP contribution is -2.51. The van der Waals surface area contributed by atoms with Crippen molar-refractivity contribution in [3.05, 3.63) is 12.7 Å². The zero-order valence-corrected chi connectivity index (χ0v) is 10.9. The lowest BCUT2D eigenvalue weighted by molar-refractivity contribution is -0.132. The SMILES string of the molecule is C=CCN(C(=O)CCl)C1(C)CCS(=O)(=O)C1. The highest BCUT2D eigenvalue weighted by atomic mass is 35.5. The molecule has 0 aromatic rings. The summed E-state index contributed by atoms with van der Waals surface area (Å²) in [7, 11) is -3.03. The third-order valence-corrected chi connectivity index (χ3v) is 4.98. The van der Waals surface area contributed by atoms with Crippen LogP contribution in [0.3, 0.4) is 0 Å². The first-order chi connectivity index (χ1) is 7.34. The molecule has 1 rings (SSSR count). The summed E-state index contributed by atoms with van der Waals surface area (Å²) in [5.41, 5.74) is -0.640. The number of nitrogens with zero attached hydrogens (tertiary/aromatic N) is 1. The number of sulfone groups is 1. The van der Waals surface area contributed by atoms with E-state index in [0.717, 1.165) is 0 Å². The molecule has 0 aliphatic carbocycles. The molecule has 1 saturated heterocycles. The fourth-order valence-electron chi connectivity index (χ4n) is 2.03. The van der Waals surface area contributed by atoms with Gasteiger partial charge in [0.15, 0.2) is 9.84 Å². The number of halogens is 1. The van der Waals surface area contributed by atoms with Crippen LogP contribution in [0.2, 0.25) is 0 Å². The van der Waals surface area contributed by atoms with Crippen LogP contribution in [-0.2, 0) is 14.6 Å². The topological polar surface area (TPSA) is 54.5 Å². The molecule has 1 fully saturated rings. The molecule has 1 amide bonds. The second-order valence-corrected chi connectivity index (χ2v) is 6.72. The van der Waals surface area contributed by atoms with Crippen LogP contribution in [0.5, 0.6) is 0 Å². The fourth-order valence-corrected chi connectivity index (χ4v) is 4.32. The summed E-state index contributed by atoms with van der Waals surface area (Å²) in [5, 5.41) is 0. The van der Waals surface area contributed by atoms with Crippen molar-refractivity contribution >= 4 is 27.3 Å². The largest absolute Gasteiger partial charge is 0.332 e. The Bertz CT molecular complexity index is 393. The van der Waals surface area contributed by atoms with Gasteiger partial charge in [-0.3, -0.25) is 4.79 Å². The first kappa shape index (κ1) is 13.5. The van der Waals surface area contributed by atoms with Crippen molar-refractivity contribution in [2.75, 3.05) is 23.9 Å². The van der Waals surface area contributed by atoms with E-state index in [4.69, 9.17) is 11.6 Å². The monoisotopic (exact) mass is 265 g/mol. The predicted octanol–water partition coefficient (Wildman–Crippen LogP) is 0.817. The number of carbonyl (C=O) groups is 1. The van der Waals surface area contributed by atoms with Gasteiger partial charge in [-0.1, -0.05) is 6.08 Å². The third kappa shape index (κ3) is 2.77. The Morgan fingerprint density at radius 1 is 1.62 bits per heavy atom. The van der Waals surface area contributed by atoms with Crippen LogP contribution in [0.25, 0.3) is 0 Å². The zero-order chi connectivity index (χ0) is 12.4. The van der Waals surface area contributed by atoms with Crippen molar-refractivity contribution in [1.82, 2.24) is 4.90 Å². The molecule has 0 aromatic heterocycles. The second-order valence-electron chi connectivity index (χ2n) is 4.27. The van der Waals surface area contributed by atoms with Crippen molar-refractivity contribution in [3.8, 4) is 0 Å². The maximum absolute atomic E-state index is 11.7. The third-order valence-electron chi connectivity index (χ3n) is 2.86. The maximum atomic E-state index is 11.7. The summed E-state index contributed by atoms with van der Waals surface area (Å²) in [6, 6.07) is 0. The van der Waals surface area contributed by atoms with Gasteiger partial charge in [0.25, 0.3) is 0 Å². The van der Waals surface area contributed by atoms with Crippen LogP contribution in [0.1, 0.15) is 13.3 Å². The Labute approximate surface area is 101 Å². The summed E-state index contributed by atoms with van der Waals surface area (Å²) in [5.74, 6) is -0.242. The molecule has 0 bridgehead atoms. The number of carbonyl (C=O) groups excluding carboxylic acids is 1. The van der Waals surface area contributed by atoms with E-state index < -0.39 is 15.4 Å². The number of hydrogen-bond donors (Lipinski definition) is 0. The smallest absolute Gasteiger partial charge is 0.238 e. The summed E-state index contributed by atoms with van der Waals surface area (Å²) < 4.78 is 22.9. The van der Waals surface area contributed by atoms with Crippen LogP contribution in [0, 0.1) is 0 Å². The zero-order valence-electron chi connectivity index (χ0n) is 9.28. The predicted molar refractivity (Wildman–Crippen MR) is 64.3 cm³/mol. The van der Waals surface area contributed by atoms with Crippen LogP contribution >= 0.6 is 11.6 Å². The molecule has 1 aliphatic heterocycles. The van der Waals surface area contributed by atoms with Crippen molar-refractivity contribution in [2.24, 2.45) is 0 Å². The van der Waals surface area contributed by atoms with E-state index in [-0.39, 0.29) is 23.3 Å². The molecule has 0 aromatic carbocycles. The van der Waals surface area contributed by atoms with Crippen molar-refractivity contribution < 1.29 is 13.2 Å². The Kier molecular flexibility index (Phi) is 4.02. The van der Waals surface area contributed by atoms with Crippen molar-refractivity contribution in [2.45, 2.75) is 18.9 Å². The van der Waals surface area contributed by atoms with Gasteiger partial charge in [-0.15, -0.1) is 18.2 Å². The van der Waals surface area contributed by atoms with Gasteiger partial charge in [0, 0.05) is 6.54 Å². The quantitative estimate of drug-likeness (QED) is 0.559. The van der Waals surface area contributed by atoms with Crippen LogP contribution < -0.4 is 0 Å². The van der Waals surface area contributed by atoms with E-state index in [9.17, 15) is 13.2 Å². The van der Waals surface area contributed by atoms with Gasteiger partial charge in [0.1, 0.15) is 5.88 Å². The van der Waals surface area contributed by atoms with Crippen LogP contribution in [-0.4, -0.2) is 48.7 Å². The number of rotatable bonds is 4. The molecule has 16 heavy (non-hydrogen) atoms. The van der Waals surface area contributed by atoms with Crippen molar-refractivity contribution in [3.63, 3.8) is 0 Å². The highest BCUT2D eigenvalue weighted by molar-refractivity contribution is 7.91. The van der Waals surface area contributed by atoms with Gasteiger partial charge in [-0.05, 0) is 13.3 Å². The lowest BCUT2D eigenvalue weighted by atomic mass is 9.99. The first-order valence-corrected chi connectivity index (χ1v) is 7.38. The minimum Gasteiger partial charge on any atom is -0.332 e. The highest BCUT2D eigenvalue weighted by Gasteiger charge is 2.44. The number of hydrogen-bond acceptors (Lipinski definition) is 3. The molecular weight excluding hydrogens is 250 g/mol. The molecule has 4 nitrogen and oxygen atoms in total.